The van der Waals surface area contributed by atoms with Crippen molar-refractivity contribution in [1.29, 1.82) is 0 Å². The van der Waals surface area contributed by atoms with Gasteiger partial charge in [0.15, 0.2) is 0 Å². The van der Waals surface area contributed by atoms with Crippen LogP contribution in [0.25, 0.3) is 6.08 Å². The van der Waals surface area contributed by atoms with Gasteiger partial charge < -0.3 is 5.32 Å². The van der Waals surface area contributed by atoms with Crippen LogP contribution in [-0.4, -0.2) is 17.4 Å². The lowest BCUT2D eigenvalue weighted by molar-refractivity contribution is -0.116. The van der Waals surface area contributed by atoms with Gasteiger partial charge in [0.05, 0.1) is 10.7 Å². The monoisotopic (exact) mass is 346 g/mol. The van der Waals surface area contributed by atoms with Crippen molar-refractivity contribution < 1.29 is 4.79 Å². The molecule has 1 fully saturated rings. The minimum atomic E-state index is -0.0414. The summed E-state index contributed by atoms with van der Waals surface area (Å²) in [5.41, 5.74) is 2.34. The summed E-state index contributed by atoms with van der Waals surface area (Å²) in [6.45, 7) is 0.643. The second kappa shape index (κ2) is 8.41. The second-order valence-electron chi connectivity index (χ2n) is 5.93. The number of carbonyl (C=O) groups excluding carboxylic acids is 1. The van der Waals surface area contributed by atoms with Gasteiger partial charge in [0.25, 0.3) is 0 Å². The second-order valence-corrected chi connectivity index (χ2v) is 7.65. The Bertz CT molecular complexity index is 640. The molecule has 5 heteroatoms. The van der Waals surface area contributed by atoms with E-state index in [0.29, 0.717) is 12.5 Å². The first-order valence-corrected chi connectivity index (χ1v) is 10.1. The maximum atomic E-state index is 11.8. The van der Waals surface area contributed by atoms with Crippen LogP contribution < -0.4 is 5.32 Å². The number of carbonyl (C=O) groups is 1. The van der Waals surface area contributed by atoms with Crippen LogP contribution in [0.5, 0.6) is 0 Å². The first-order valence-electron chi connectivity index (χ1n) is 8.23. The van der Waals surface area contributed by atoms with Crippen molar-refractivity contribution >= 4 is 34.7 Å². The van der Waals surface area contributed by atoms with Gasteiger partial charge in [0, 0.05) is 30.3 Å². The predicted molar refractivity (Wildman–Crippen MR) is 98.0 cm³/mol. The summed E-state index contributed by atoms with van der Waals surface area (Å²) in [5.74, 6) is 0.622. The molecule has 0 radical (unpaired) electrons. The summed E-state index contributed by atoms with van der Waals surface area (Å²) >= 11 is 3.36. The molecule has 3 nitrogen and oxygen atoms in total. The Morgan fingerprint density at radius 1 is 1.30 bits per heavy atom. The first kappa shape index (κ1) is 16.4. The van der Waals surface area contributed by atoms with Crippen molar-refractivity contribution in [3.05, 3.63) is 44.5 Å². The molecule has 2 heterocycles. The molecule has 1 N–H and O–H groups in total. The van der Waals surface area contributed by atoms with E-state index in [1.54, 1.807) is 28.7 Å². The van der Waals surface area contributed by atoms with E-state index in [4.69, 9.17) is 4.98 Å². The molecule has 0 unspecified atom stereocenters. The van der Waals surface area contributed by atoms with Gasteiger partial charge >= 0.3 is 0 Å². The fourth-order valence-corrected chi connectivity index (χ4v) is 4.43. The Kier molecular flexibility index (Phi) is 6.00. The van der Waals surface area contributed by atoms with Crippen molar-refractivity contribution in [3.63, 3.8) is 0 Å². The van der Waals surface area contributed by atoms with Gasteiger partial charge in [0.2, 0.25) is 5.91 Å². The van der Waals surface area contributed by atoms with Gasteiger partial charge in [-0.3, -0.25) is 4.79 Å². The summed E-state index contributed by atoms with van der Waals surface area (Å²) in [6, 6.07) is 2.00. The van der Waals surface area contributed by atoms with Crippen LogP contribution in [-0.2, 0) is 11.2 Å². The number of hydrogen-bond acceptors (Lipinski definition) is 4. The number of hydrogen-bond donors (Lipinski definition) is 1. The molecule has 3 rings (SSSR count). The largest absolute Gasteiger partial charge is 0.352 e. The number of thiophene rings is 1. The van der Waals surface area contributed by atoms with Crippen molar-refractivity contribution in [2.24, 2.45) is 0 Å². The minimum absolute atomic E-state index is 0.0414. The summed E-state index contributed by atoms with van der Waals surface area (Å²) in [6.07, 6.45) is 10.9. The molecule has 2 aromatic rings. The number of aromatic nitrogens is 1. The zero-order valence-electron chi connectivity index (χ0n) is 13.2. The van der Waals surface area contributed by atoms with Crippen LogP contribution in [0.3, 0.4) is 0 Å². The third-order valence-corrected chi connectivity index (χ3v) is 5.83. The van der Waals surface area contributed by atoms with Crippen LogP contribution in [0.2, 0.25) is 0 Å². The Balaban J connectivity index is 1.42. The van der Waals surface area contributed by atoms with Gasteiger partial charge in [-0.05, 0) is 41.3 Å². The van der Waals surface area contributed by atoms with Crippen LogP contribution in [0, 0.1) is 0 Å². The zero-order valence-corrected chi connectivity index (χ0v) is 14.8. The molecule has 0 saturated heterocycles. The van der Waals surface area contributed by atoms with E-state index < -0.39 is 0 Å². The van der Waals surface area contributed by atoms with Crippen molar-refractivity contribution in [2.45, 2.75) is 44.4 Å². The van der Waals surface area contributed by atoms with Crippen molar-refractivity contribution in [2.75, 3.05) is 6.54 Å². The van der Waals surface area contributed by atoms with Gasteiger partial charge in [-0.1, -0.05) is 19.3 Å². The lowest BCUT2D eigenvalue weighted by atomic mass is 9.87. The Hall–Kier alpha value is -1.46. The molecule has 0 atom stereocenters. The highest BCUT2D eigenvalue weighted by Crippen LogP contribution is 2.33. The highest BCUT2D eigenvalue weighted by atomic mass is 32.1. The lowest BCUT2D eigenvalue weighted by Gasteiger charge is -2.19. The molecule has 1 aliphatic carbocycles. The normalized spacial score (nSPS) is 16.0. The third-order valence-electron chi connectivity index (χ3n) is 4.20. The Labute approximate surface area is 145 Å². The number of amides is 1. The standard InChI is InChI=1S/C18H22N2OS2/c21-17(7-6-14-9-11-22-12-14)19-10-8-18-20-16(13-23-18)15-4-2-1-3-5-15/h6-7,9,11-13,15H,1-5,8,10H2,(H,19,21)/b7-6-. The maximum absolute atomic E-state index is 11.8. The first-order chi connectivity index (χ1) is 11.3. The molecule has 0 spiro atoms. The SMILES string of the molecule is O=C(/C=C\c1ccsc1)NCCc1nc(C2CCCCC2)cs1. The molecule has 1 aliphatic rings. The molecule has 2 aromatic heterocycles. The Morgan fingerprint density at radius 2 is 2.17 bits per heavy atom. The highest BCUT2D eigenvalue weighted by Gasteiger charge is 2.18. The van der Waals surface area contributed by atoms with Gasteiger partial charge in [-0.25, -0.2) is 4.98 Å². The highest BCUT2D eigenvalue weighted by molar-refractivity contribution is 7.09. The van der Waals surface area contributed by atoms with Crippen LogP contribution in [0.4, 0.5) is 0 Å². The quantitative estimate of drug-likeness (QED) is 0.775. The number of thiazole rings is 1. The summed E-state index contributed by atoms with van der Waals surface area (Å²) in [7, 11) is 0. The molecule has 1 amide bonds. The third kappa shape index (κ3) is 5.01. The summed E-state index contributed by atoms with van der Waals surface area (Å²) < 4.78 is 0. The topological polar surface area (TPSA) is 42.0 Å². The summed E-state index contributed by atoms with van der Waals surface area (Å²) in [4.78, 5) is 16.5. The number of rotatable bonds is 6. The molecular formula is C18H22N2OS2. The van der Waals surface area contributed by atoms with Crippen molar-refractivity contribution in [3.8, 4) is 0 Å². The van der Waals surface area contributed by atoms with E-state index in [1.165, 1.54) is 37.8 Å². The predicted octanol–water partition coefficient (Wildman–Crippen LogP) is 4.62. The molecule has 122 valence electrons. The van der Waals surface area contributed by atoms with E-state index in [0.717, 1.165) is 17.0 Å². The smallest absolute Gasteiger partial charge is 0.244 e. The average molecular weight is 347 g/mol. The Morgan fingerprint density at radius 3 is 2.96 bits per heavy atom. The van der Waals surface area contributed by atoms with E-state index in [2.05, 4.69) is 10.7 Å². The maximum Gasteiger partial charge on any atom is 0.244 e. The fraction of sp³-hybridized carbons (Fsp3) is 0.444. The minimum Gasteiger partial charge on any atom is -0.352 e. The van der Waals surface area contributed by atoms with Crippen LogP contribution >= 0.6 is 22.7 Å². The molecular weight excluding hydrogens is 324 g/mol. The number of nitrogens with one attached hydrogen (secondary N) is 1. The van der Waals surface area contributed by atoms with Crippen molar-refractivity contribution in [1.82, 2.24) is 10.3 Å². The van der Waals surface area contributed by atoms with Gasteiger partial charge in [0.1, 0.15) is 0 Å². The molecule has 0 aliphatic heterocycles. The fourth-order valence-electron chi connectivity index (χ4n) is 2.92. The van der Waals surface area contributed by atoms with E-state index in [1.807, 2.05) is 22.9 Å². The average Bonchev–Trinajstić information content (AvgIpc) is 3.26. The number of nitrogens with zero attached hydrogens (tertiary/aromatic N) is 1. The molecule has 1 saturated carbocycles. The van der Waals surface area contributed by atoms with E-state index >= 15 is 0 Å². The molecule has 23 heavy (non-hydrogen) atoms. The molecule has 0 bridgehead atoms. The van der Waals surface area contributed by atoms with Gasteiger partial charge in [-0.15, -0.1) is 11.3 Å². The van der Waals surface area contributed by atoms with E-state index in [9.17, 15) is 4.79 Å². The lowest BCUT2D eigenvalue weighted by Crippen LogP contribution is -2.23. The van der Waals surface area contributed by atoms with E-state index in [-0.39, 0.29) is 5.91 Å². The van der Waals surface area contributed by atoms with Crippen LogP contribution in [0.1, 0.15) is 54.3 Å². The van der Waals surface area contributed by atoms with Gasteiger partial charge in [-0.2, -0.15) is 11.3 Å². The molecule has 0 aromatic carbocycles. The zero-order chi connectivity index (χ0) is 15.9. The van der Waals surface area contributed by atoms with Crippen LogP contribution in [0.15, 0.2) is 28.3 Å². The summed E-state index contributed by atoms with van der Waals surface area (Å²) in [5, 5.41) is 10.3.